The Morgan fingerprint density at radius 3 is 2.57 bits per heavy atom. The molecule has 0 radical (unpaired) electrons. The molecule has 3 atom stereocenters. The lowest BCUT2D eigenvalue weighted by Crippen LogP contribution is -2.71. The molecular formula is C26H23ClN4O10S. The smallest absolute Gasteiger partial charge is 0.352 e. The number of β-lactam (4-membered cyclic amide) rings is 1. The number of ether oxygens (including phenoxy) is 2. The number of rotatable bonds is 11. The van der Waals surface area contributed by atoms with Crippen molar-refractivity contribution in [3.05, 3.63) is 80.5 Å². The van der Waals surface area contributed by atoms with Gasteiger partial charge in [-0.1, -0.05) is 41.9 Å². The summed E-state index contributed by atoms with van der Waals surface area (Å²) in [5, 5.41) is 25.5. The van der Waals surface area contributed by atoms with E-state index >= 15 is 0 Å². The van der Waals surface area contributed by atoms with Crippen molar-refractivity contribution in [1.82, 2.24) is 15.5 Å². The lowest BCUT2D eigenvalue weighted by molar-refractivity contribution is -0.385. The van der Waals surface area contributed by atoms with Crippen molar-refractivity contribution in [2.75, 3.05) is 19.0 Å². The van der Waals surface area contributed by atoms with Crippen LogP contribution in [-0.4, -0.2) is 75.0 Å². The molecule has 4 rings (SSSR count). The van der Waals surface area contributed by atoms with Gasteiger partial charge < -0.3 is 25.2 Å². The molecule has 1 saturated heterocycles. The molecule has 0 unspecified atom stereocenters. The van der Waals surface area contributed by atoms with Gasteiger partial charge in [0, 0.05) is 29.3 Å². The molecule has 0 aliphatic carbocycles. The zero-order chi connectivity index (χ0) is 30.6. The number of hydrogen-bond donors (Lipinski definition) is 3. The van der Waals surface area contributed by atoms with E-state index in [9.17, 15) is 39.2 Å². The van der Waals surface area contributed by atoms with Crippen LogP contribution < -0.4 is 15.4 Å². The van der Waals surface area contributed by atoms with E-state index in [0.717, 1.165) is 11.0 Å². The van der Waals surface area contributed by atoms with Gasteiger partial charge in [0.15, 0.2) is 12.4 Å². The van der Waals surface area contributed by atoms with Crippen molar-refractivity contribution < 1.29 is 43.5 Å². The Bertz CT molecular complexity index is 1480. The summed E-state index contributed by atoms with van der Waals surface area (Å²) in [6.45, 7) is 0.210. The second-order valence-corrected chi connectivity index (χ2v) is 10.5. The van der Waals surface area contributed by atoms with E-state index in [1.165, 1.54) is 30.8 Å². The summed E-state index contributed by atoms with van der Waals surface area (Å²) in [4.78, 5) is 73.9. The number of carboxylic acids is 1. The molecule has 0 bridgehead atoms. The van der Waals surface area contributed by atoms with Crippen molar-refractivity contribution >= 4 is 58.7 Å². The fraction of sp³-hybridized carbons (Fsp3) is 0.269. The summed E-state index contributed by atoms with van der Waals surface area (Å²) < 4.78 is 10.2. The highest BCUT2D eigenvalue weighted by molar-refractivity contribution is 8.00. The van der Waals surface area contributed by atoms with E-state index in [0.29, 0.717) is 5.56 Å². The van der Waals surface area contributed by atoms with Crippen LogP contribution >= 0.6 is 23.4 Å². The van der Waals surface area contributed by atoms with Crippen molar-refractivity contribution in [3.8, 4) is 5.75 Å². The Kier molecular flexibility index (Phi) is 9.32. The second-order valence-electron chi connectivity index (χ2n) is 9.00. The number of nitro groups is 1. The molecule has 3 amide bonds. The number of halogens is 1. The number of carbonyl (C=O) groups excluding carboxylic acids is 4. The van der Waals surface area contributed by atoms with Crippen LogP contribution in [0.25, 0.3) is 0 Å². The number of carbonyl (C=O) groups is 5. The quantitative estimate of drug-likeness (QED) is 0.144. The predicted octanol–water partition coefficient (Wildman–Crippen LogP) is 1.79. The number of amides is 3. The first kappa shape index (κ1) is 30.3. The SMILES string of the molecule is CC(=O)OCC1=C(C(=O)O)N2C(=O)[C@@H](NC(=O)[C@H](NC(=O)COc3ccc(Cl)cc3[N+](=O)[O-])c3ccccc3)[C@H]2SC1. The summed E-state index contributed by atoms with van der Waals surface area (Å²) in [7, 11) is 0. The Morgan fingerprint density at radius 1 is 1.21 bits per heavy atom. The third-order valence-electron chi connectivity index (χ3n) is 6.17. The van der Waals surface area contributed by atoms with Gasteiger partial charge in [-0.3, -0.25) is 34.2 Å². The van der Waals surface area contributed by atoms with E-state index < -0.39 is 64.3 Å². The van der Waals surface area contributed by atoms with Crippen molar-refractivity contribution in [2.24, 2.45) is 0 Å². The fourth-order valence-electron chi connectivity index (χ4n) is 4.27. The topological polar surface area (TPSA) is 194 Å². The molecular weight excluding hydrogens is 596 g/mol. The second kappa shape index (κ2) is 12.9. The third-order valence-corrected chi connectivity index (χ3v) is 7.75. The average molecular weight is 619 g/mol. The van der Waals surface area contributed by atoms with Gasteiger partial charge in [0.2, 0.25) is 5.91 Å². The molecule has 16 heteroatoms. The number of carboxylic acid groups (broad SMARTS) is 1. The lowest BCUT2D eigenvalue weighted by Gasteiger charge is -2.49. The van der Waals surface area contributed by atoms with Crippen molar-refractivity contribution in [2.45, 2.75) is 24.4 Å². The summed E-state index contributed by atoms with van der Waals surface area (Å²) in [5.74, 6) is -4.27. The van der Waals surface area contributed by atoms with Crippen LogP contribution in [0.5, 0.6) is 5.75 Å². The summed E-state index contributed by atoms with van der Waals surface area (Å²) in [5.41, 5.74) is -0.142. The summed E-state index contributed by atoms with van der Waals surface area (Å²) in [6.07, 6.45) is 0. The Morgan fingerprint density at radius 2 is 1.93 bits per heavy atom. The number of fused-ring (bicyclic) bond motifs is 1. The highest BCUT2D eigenvalue weighted by Crippen LogP contribution is 2.40. The Hall–Kier alpha value is -4.63. The molecule has 2 aliphatic rings. The maximum atomic E-state index is 13.4. The van der Waals surface area contributed by atoms with Crippen LogP contribution in [0.3, 0.4) is 0 Å². The Labute approximate surface area is 247 Å². The van der Waals surface area contributed by atoms with E-state index in [1.54, 1.807) is 30.3 Å². The fourth-order valence-corrected chi connectivity index (χ4v) is 5.76. The van der Waals surface area contributed by atoms with Crippen LogP contribution in [-0.2, 0) is 28.7 Å². The zero-order valence-corrected chi connectivity index (χ0v) is 23.3. The number of nitro benzene ring substituents is 1. The number of aliphatic carboxylic acids is 1. The van der Waals surface area contributed by atoms with Gasteiger partial charge in [-0.25, -0.2) is 4.79 Å². The highest BCUT2D eigenvalue weighted by atomic mass is 35.5. The summed E-state index contributed by atoms with van der Waals surface area (Å²) >= 11 is 6.99. The van der Waals surface area contributed by atoms with E-state index in [1.807, 2.05) is 0 Å². The van der Waals surface area contributed by atoms with Crippen molar-refractivity contribution in [1.29, 1.82) is 0 Å². The normalized spacial score (nSPS) is 18.2. The molecule has 0 saturated carbocycles. The lowest BCUT2D eigenvalue weighted by atomic mass is 10.0. The van der Waals surface area contributed by atoms with Crippen LogP contribution in [0.4, 0.5) is 5.69 Å². The van der Waals surface area contributed by atoms with Crippen LogP contribution in [0.1, 0.15) is 18.5 Å². The molecule has 220 valence electrons. The van der Waals surface area contributed by atoms with Crippen LogP contribution in [0.15, 0.2) is 59.8 Å². The largest absolute Gasteiger partial charge is 0.477 e. The molecule has 14 nitrogen and oxygen atoms in total. The summed E-state index contributed by atoms with van der Waals surface area (Å²) in [6, 6.07) is 9.41. The van der Waals surface area contributed by atoms with Crippen molar-refractivity contribution in [3.63, 3.8) is 0 Å². The molecule has 1 fully saturated rings. The molecule has 2 aliphatic heterocycles. The first-order valence-corrected chi connectivity index (χ1v) is 13.7. The maximum absolute atomic E-state index is 13.4. The molecule has 2 aromatic rings. The molecule has 0 aromatic heterocycles. The standard InChI is InChI=1S/C26H23ClN4O10S/c1-13(32)40-10-15-12-42-25-21(24(35)30(25)22(15)26(36)37)29-23(34)20(14-5-3-2-4-6-14)28-19(33)11-41-18-8-7-16(27)9-17(18)31(38)39/h2-9,20-21,25H,10-12H2,1H3,(H,28,33)(H,29,34)(H,36,37)/t20-,21-,25-/m1/s1. The zero-order valence-electron chi connectivity index (χ0n) is 21.8. The minimum atomic E-state index is -1.38. The first-order chi connectivity index (χ1) is 20.0. The number of esters is 1. The van der Waals surface area contributed by atoms with E-state index in [2.05, 4.69) is 10.6 Å². The Balaban J connectivity index is 1.47. The number of benzene rings is 2. The van der Waals surface area contributed by atoms with Gasteiger partial charge in [0.1, 0.15) is 29.8 Å². The minimum absolute atomic E-state index is 0.103. The average Bonchev–Trinajstić information content (AvgIpc) is 2.96. The molecule has 42 heavy (non-hydrogen) atoms. The van der Waals surface area contributed by atoms with Gasteiger partial charge in [-0.15, -0.1) is 11.8 Å². The van der Waals surface area contributed by atoms with Gasteiger partial charge in [-0.05, 0) is 17.7 Å². The van der Waals surface area contributed by atoms with E-state index in [-0.39, 0.29) is 34.4 Å². The van der Waals surface area contributed by atoms with Gasteiger partial charge in [0.05, 0.1) is 4.92 Å². The highest BCUT2D eigenvalue weighted by Gasteiger charge is 2.54. The molecule has 0 spiro atoms. The molecule has 3 N–H and O–H groups in total. The minimum Gasteiger partial charge on any atom is -0.477 e. The molecule has 2 heterocycles. The number of nitrogens with zero attached hydrogens (tertiary/aromatic N) is 2. The molecule has 2 aromatic carbocycles. The maximum Gasteiger partial charge on any atom is 0.352 e. The third kappa shape index (κ3) is 6.63. The number of nitrogens with one attached hydrogen (secondary N) is 2. The van der Waals surface area contributed by atoms with Crippen LogP contribution in [0.2, 0.25) is 5.02 Å². The number of hydrogen-bond acceptors (Lipinski definition) is 10. The van der Waals surface area contributed by atoms with Gasteiger partial charge in [-0.2, -0.15) is 0 Å². The predicted molar refractivity (Wildman–Crippen MR) is 147 cm³/mol. The monoisotopic (exact) mass is 618 g/mol. The van der Waals surface area contributed by atoms with Gasteiger partial charge >= 0.3 is 17.6 Å². The number of thioether (sulfide) groups is 1. The first-order valence-electron chi connectivity index (χ1n) is 12.2. The van der Waals surface area contributed by atoms with Crippen LogP contribution in [0, 0.1) is 10.1 Å². The van der Waals surface area contributed by atoms with E-state index in [4.69, 9.17) is 21.1 Å². The van der Waals surface area contributed by atoms with Gasteiger partial charge in [0.25, 0.3) is 11.8 Å².